The van der Waals surface area contributed by atoms with Gasteiger partial charge in [0.2, 0.25) is 0 Å². The van der Waals surface area contributed by atoms with Gasteiger partial charge >= 0.3 is 6.18 Å². The lowest BCUT2D eigenvalue weighted by atomic mass is 10.1. The van der Waals surface area contributed by atoms with Gasteiger partial charge in [0.05, 0.1) is 18.7 Å². The number of nitrogens with one attached hydrogen (secondary N) is 1. The first kappa shape index (κ1) is 21.7. The van der Waals surface area contributed by atoms with E-state index in [-0.39, 0.29) is 42.2 Å². The lowest BCUT2D eigenvalue weighted by Crippen LogP contribution is -2.49. The molecular weight excluding hydrogens is 409 g/mol. The fraction of sp³-hybridized carbons (Fsp3) is 0.450. The van der Waals surface area contributed by atoms with Crippen LogP contribution in [0.2, 0.25) is 0 Å². The molecular formula is C20H22ClF3N2O3. The Balaban J connectivity index is 0.00000240. The zero-order valence-electron chi connectivity index (χ0n) is 15.6. The average molecular weight is 431 g/mol. The highest BCUT2D eigenvalue weighted by Gasteiger charge is 2.38. The largest absolute Gasteiger partial charge is 0.459 e. The highest BCUT2D eigenvalue weighted by atomic mass is 35.5. The molecule has 0 bridgehead atoms. The van der Waals surface area contributed by atoms with E-state index in [0.29, 0.717) is 25.5 Å². The maximum absolute atomic E-state index is 13.3. The van der Waals surface area contributed by atoms with Gasteiger partial charge in [-0.15, -0.1) is 12.4 Å². The lowest BCUT2D eigenvalue weighted by molar-refractivity contribution is -0.146. The Bertz CT molecular complexity index is 845. The van der Waals surface area contributed by atoms with Gasteiger partial charge in [0.15, 0.2) is 0 Å². The average Bonchev–Trinajstić information content (AvgIpc) is 3.43. The van der Waals surface area contributed by atoms with Crippen LogP contribution in [0, 0.1) is 0 Å². The second kappa shape index (κ2) is 8.77. The number of amides is 1. The third kappa shape index (κ3) is 4.94. The number of nitrogens with zero attached hydrogens (tertiary/aromatic N) is 1. The molecule has 29 heavy (non-hydrogen) atoms. The molecule has 158 valence electrons. The minimum absolute atomic E-state index is 0. The number of hydrogen-bond donors (Lipinski definition) is 1. The fourth-order valence-corrected chi connectivity index (χ4v) is 3.40. The Morgan fingerprint density at radius 1 is 1.17 bits per heavy atom. The number of carbonyl (C=O) groups is 1. The Hall–Kier alpha value is -2.03. The van der Waals surface area contributed by atoms with Gasteiger partial charge in [0.25, 0.3) is 5.91 Å². The monoisotopic (exact) mass is 430 g/mol. The summed E-state index contributed by atoms with van der Waals surface area (Å²) in [4.78, 5) is 14.5. The number of benzene rings is 1. The molecule has 1 unspecified atom stereocenters. The van der Waals surface area contributed by atoms with Crippen LogP contribution in [-0.2, 0) is 22.3 Å². The molecule has 2 fully saturated rings. The summed E-state index contributed by atoms with van der Waals surface area (Å²) < 4.78 is 51.0. The first-order valence-corrected chi connectivity index (χ1v) is 9.31. The molecule has 2 aromatic rings. The number of furan rings is 1. The van der Waals surface area contributed by atoms with Crippen molar-refractivity contribution in [2.45, 2.75) is 37.7 Å². The van der Waals surface area contributed by atoms with Crippen LogP contribution in [0.15, 0.2) is 40.8 Å². The number of hydrogen-bond acceptors (Lipinski definition) is 4. The molecule has 1 saturated heterocycles. The molecule has 9 heteroatoms. The van der Waals surface area contributed by atoms with Crippen LogP contribution in [0.4, 0.5) is 13.2 Å². The predicted octanol–water partition coefficient (Wildman–Crippen LogP) is 3.87. The number of ether oxygens (including phenoxy) is 1. The summed E-state index contributed by atoms with van der Waals surface area (Å²) in [6.45, 7) is 1.88. The van der Waals surface area contributed by atoms with E-state index in [1.165, 1.54) is 18.2 Å². The highest BCUT2D eigenvalue weighted by molar-refractivity contribution is 5.85. The van der Waals surface area contributed by atoms with E-state index in [1.807, 2.05) is 0 Å². The molecule has 0 spiro atoms. The number of rotatable bonds is 5. The molecule has 5 nitrogen and oxygen atoms in total. The minimum atomic E-state index is -4.47. The lowest BCUT2D eigenvalue weighted by Gasteiger charge is -2.29. The van der Waals surface area contributed by atoms with Crippen molar-refractivity contribution in [2.24, 2.45) is 0 Å². The Kier molecular flexibility index (Phi) is 6.55. The summed E-state index contributed by atoms with van der Waals surface area (Å²) in [5, 5.41) is 3.14. The van der Waals surface area contributed by atoms with Gasteiger partial charge in [0.1, 0.15) is 17.6 Å². The summed E-state index contributed by atoms with van der Waals surface area (Å²) in [6.07, 6.45) is -3.17. The smallest absolute Gasteiger partial charge is 0.417 e. The summed E-state index contributed by atoms with van der Waals surface area (Å²) in [5.41, 5.74) is -0.752. The molecule has 1 aliphatic heterocycles. The topological polar surface area (TPSA) is 54.7 Å². The van der Waals surface area contributed by atoms with Gasteiger partial charge in [-0.1, -0.05) is 18.2 Å². The van der Waals surface area contributed by atoms with Crippen LogP contribution in [0.5, 0.6) is 0 Å². The standard InChI is InChI=1S/C20H21F3N2O3.ClH/c21-20(22,23)16-4-2-1-3-15(16)17-8-7-14(28-17)12-25(13-5-6-13)19(26)18-11-24-9-10-27-18;/h1-4,7-8,13,18,24H,5-6,9-12H2;1H. The van der Waals surface area contributed by atoms with Crippen molar-refractivity contribution in [2.75, 3.05) is 19.7 Å². The van der Waals surface area contributed by atoms with Gasteiger partial charge in [-0.2, -0.15) is 13.2 Å². The number of alkyl halides is 3. The Labute approximate surface area is 172 Å². The van der Waals surface area contributed by atoms with Gasteiger partial charge in [-0.25, -0.2) is 0 Å². The van der Waals surface area contributed by atoms with Crippen LogP contribution >= 0.6 is 12.4 Å². The molecule has 1 aromatic heterocycles. The zero-order chi connectivity index (χ0) is 19.7. The van der Waals surface area contributed by atoms with Crippen LogP contribution < -0.4 is 5.32 Å². The van der Waals surface area contributed by atoms with Crippen molar-refractivity contribution in [1.82, 2.24) is 10.2 Å². The van der Waals surface area contributed by atoms with Crippen LogP contribution in [-0.4, -0.2) is 42.6 Å². The quantitative estimate of drug-likeness (QED) is 0.782. The van der Waals surface area contributed by atoms with Crippen molar-refractivity contribution in [1.29, 1.82) is 0 Å². The van der Waals surface area contributed by atoms with E-state index in [9.17, 15) is 18.0 Å². The SMILES string of the molecule is Cl.O=C(C1CNCCO1)N(Cc1ccc(-c2ccccc2C(F)(F)F)o1)C1CC1. The van der Waals surface area contributed by atoms with Crippen molar-refractivity contribution in [3.8, 4) is 11.3 Å². The molecule has 4 rings (SSSR count). The fourth-order valence-electron chi connectivity index (χ4n) is 3.40. The van der Waals surface area contributed by atoms with Crippen molar-refractivity contribution < 1.29 is 27.1 Å². The molecule has 1 amide bonds. The van der Waals surface area contributed by atoms with Crippen LogP contribution in [0.1, 0.15) is 24.2 Å². The third-order valence-electron chi connectivity index (χ3n) is 4.96. The van der Waals surface area contributed by atoms with E-state index in [0.717, 1.165) is 18.9 Å². The van der Waals surface area contributed by atoms with Crippen LogP contribution in [0.3, 0.4) is 0 Å². The Morgan fingerprint density at radius 3 is 2.59 bits per heavy atom. The van der Waals surface area contributed by atoms with Crippen molar-refractivity contribution in [3.05, 3.63) is 47.7 Å². The highest BCUT2D eigenvalue weighted by Crippen LogP contribution is 2.38. The number of carbonyl (C=O) groups excluding carboxylic acids is 1. The second-order valence-corrected chi connectivity index (χ2v) is 7.07. The summed E-state index contributed by atoms with van der Waals surface area (Å²) in [7, 11) is 0. The molecule has 2 aliphatic rings. The van der Waals surface area contributed by atoms with Gasteiger partial charge in [-0.05, 0) is 31.0 Å². The molecule has 1 aliphatic carbocycles. The van der Waals surface area contributed by atoms with Gasteiger partial charge in [-0.3, -0.25) is 4.79 Å². The summed E-state index contributed by atoms with van der Waals surface area (Å²) in [5.74, 6) is 0.487. The molecule has 1 N–H and O–H groups in total. The molecule has 2 heterocycles. The molecule has 1 atom stereocenters. The van der Waals surface area contributed by atoms with Crippen molar-refractivity contribution >= 4 is 18.3 Å². The number of morpholine rings is 1. The third-order valence-corrected chi connectivity index (χ3v) is 4.96. The van der Waals surface area contributed by atoms with E-state index in [2.05, 4.69) is 5.32 Å². The Morgan fingerprint density at radius 2 is 1.93 bits per heavy atom. The van der Waals surface area contributed by atoms with E-state index < -0.39 is 17.8 Å². The maximum Gasteiger partial charge on any atom is 0.417 e. The first-order chi connectivity index (χ1) is 13.4. The first-order valence-electron chi connectivity index (χ1n) is 9.31. The van der Waals surface area contributed by atoms with Gasteiger partial charge in [0, 0.05) is 24.7 Å². The van der Waals surface area contributed by atoms with E-state index in [4.69, 9.17) is 9.15 Å². The summed E-state index contributed by atoms with van der Waals surface area (Å²) in [6, 6.07) is 8.59. The zero-order valence-corrected chi connectivity index (χ0v) is 16.4. The minimum Gasteiger partial charge on any atom is -0.459 e. The predicted molar refractivity (Wildman–Crippen MR) is 103 cm³/mol. The van der Waals surface area contributed by atoms with E-state index in [1.54, 1.807) is 17.0 Å². The normalized spacial score (nSPS) is 19.5. The van der Waals surface area contributed by atoms with Crippen LogP contribution in [0.25, 0.3) is 11.3 Å². The van der Waals surface area contributed by atoms with Crippen molar-refractivity contribution in [3.63, 3.8) is 0 Å². The molecule has 0 radical (unpaired) electrons. The molecule has 1 saturated carbocycles. The van der Waals surface area contributed by atoms with Gasteiger partial charge < -0.3 is 19.4 Å². The molecule has 1 aromatic carbocycles. The van der Waals surface area contributed by atoms with E-state index >= 15 is 0 Å². The maximum atomic E-state index is 13.3. The summed E-state index contributed by atoms with van der Waals surface area (Å²) >= 11 is 0. The second-order valence-electron chi connectivity index (χ2n) is 7.07. The number of halogens is 4.